The number of hydrogen-bond donors (Lipinski definition) is 1. The van der Waals surface area contributed by atoms with Crippen molar-refractivity contribution in [1.29, 1.82) is 5.26 Å². The van der Waals surface area contributed by atoms with E-state index in [1.54, 1.807) is 14.2 Å². The first-order valence-electron chi connectivity index (χ1n) is 5.84. The molecule has 0 heterocycles. The number of rotatable bonds is 6. The molecule has 98 valence electrons. The number of hydrogen-bond acceptors (Lipinski definition) is 4. The molecule has 0 saturated heterocycles. The Bertz CT molecular complexity index is 424. The Hall–Kier alpha value is -1.57. The SMILES string of the molecule is COC(CC(C)(C#N)Nc1cccc(C)c1)OC. The summed E-state index contributed by atoms with van der Waals surface area (Å²) in [5.74, 6) is 0. The molecule has 0 aliphatic heterocycles. The molecular formula is C14H20N2O2. The molecule has 0 spiro atoms. The van der Waals surface area contributed by atoms with Crippen LogP contribution in [0.1, 0.15) is 18.9 Å². The van der Waals surface area contributed by atoms with E-state index >= 15 is 0 Å². The first-order chi connectivity index (χ1) is 8.53. The van der Waals surface area contributed by atoms with E-state index in [1.165, 1.54) is 0 Å². The fourth-order valence-corrected chi connectivity index (χ4v) is 1.76. The maximum Gasteiger partial charge on any atom is 0.160 e. The second-order valence-electron chi connectivity index (χ2n) is 4.54. The van der Waals surface area contributed by atoms with Crippen LogP contribution in [-0.2, 0) is 9.47 Å². The average molecular weight is 248 g/mol. The summed E-state index contributed by atoms with van der Waals surface area (Å²) in [6.45, 7) is 3.85. The van der Waals surface area contributed by atoms with Gasteiger partial charge in [0.15, 0.2) is 6.29 Å². The summed E-state index contributed by atoms with van der Waals surface area (Å²) in [5, 5.41) is 12.6. The molecule has 0 saturated carbocycles. The minimum atomic E-state index is -0.732. The molecule has 1 unspecified atom stereocenters. The van der Waals surface area contributed by atoms with E-state index in [9.17, 15) is 5.26 Å². The number of anilines is 1. The topological polar surface area (TPSA) is 54.3 Å². The van der Waals surface area contributed by atoms with Crippen molar-refractivity contribution < 1.29 is 9.47 Å². The Morgan fingerprint density at radius 1 is 1.39 bits per heavy atom. The Kier molecular flexibility index (Phi) is 5.14. The van der Waals surface area contributed by atoms with Crippen LogP contribution in [0.5, 0.6) is 0 Å². The number of nitrogens with one attached hydrogen (secondary N) is 1. The molecule has 0 radical (unpaired) electrons. The Morgan fingerprint density at radius 2 is 2.06 bits per heavy atom. The fraction of sp³-hybridized carbons (Fsp3) is 0.500. The zero-order valence-corrected chi connectivity index (χ0v) is 11.4. The Labute approximate surface area is 109 Å². The highest BCUT2D eigenvalue weighted by Gasteiger charge is 2.28. The van der Waals surface area contributed by atoms with E-state index in [-0.39, 0.29) is 0 Å². The first-order valence-corrected chi connectivity index (χ1v) is 5.84. The zero-order chi connectivity index (χ0) is 13.6. The van der Waals surface area contributed by atoms with Gasteiger partial charge in [-0.3, -0.25) is 0 Å². The number of nitrogens with zero attached hydrogens (tertiary/aromatic N) is 1. The monoisotopic (exact) mass is 248 g/mol. The van der Waals surface area contributed by atoms with Gasteiger partial charge in [-0.05, 0) is 31.5 Å². The van der Waals surface area contributed by atoms with Gasteiger partial charge in [-0.2, -0.15) is 5.26 Å². The van der Waals surface area contributed by atoms with Crippen molar-refractivity contribution in [1.82, 2.24) is 0 Å². The van der Waals surface area contributed by atoms with Crippen molar-refractivity contribution in [2.75, 3.05) is 19.5 Å². The van der Waals surface area contributed by atoms with Gasteiger partial charge in [0.1, 0.15) is 5.54 Å². The van der Waals surface area contributed by atoms with Gasteiger partial charge in [0, 0.05) is 26.3 Å². The average Bonchev–Trinajstić information content (AvgIpc) is 2.36. The highest BCUT2D eigenvalue weighted by Crippen LogP contribution is 2.21. The van der Waals surface area contributed by atoms with Crippen LogP contribution in [0.2, 0.25) is 0 Å². The molecular weight excluding hydrogens is 228 g/mol. The molecule has 4 heteroatoms. The number of nitriles is 1. The second kappa shape index (κ2) is 6.39. The predicted octanol–water partition coefficient (Wildman–Crippen LogP) is 2.70. The lowest BCUT2D eigenvalue weighted by Gasteiger charge is -2.28. The van der Waals surface area contributed by atoms with E-state index < -0.39 is 11.8 Å². The van der Waals surface area contributed by atoms with E-state index in [1.807, 2.05) is 38.1 Å². The third kappa shape index (κ3) is 4.02. The number of ether oxygens (including phenoxy) is 2. The summed E-state index contributed by atoms with van der Waals surface area (Å²) in [5.41, 5.74) is 1.34. The summed E-state index contributed by atoms with van der Waals surface area (Å²) in [4.78, 5) is 0. The summed E-state index contributed by atoms with van der Waals surface area (Å²) < 4.78 is 10.3. The molecule has 0 aliphatic rings. The van der Waals surface area contributed by atoms with Gasteiger partial charge in [-0.15, -0.1) is 0 Å². The van der Waals surface area contributed by atoms with Gasteiger partial charge in [-0.25, -0.2) is 0 Å². The van der Waals surface area contributed by atoms with Crippen LogP contribution >= 0.6 is 0 Å². The second-order valence-corrected chi connectivity index (χ2v) is 4.54. The standard InChI is InChI=1S/C14H20N2O2/c1-11-6-5-7-12(8-11)16-14(2,10-15)9-13(17-3)18-4/h5-8,13,16H,9H2,1-4H3. The van der Waals surface area contributed by atoms with Crippen molar-refractivity contribution >= 4 is 5.69 Å². The minimum absolute atomic E-state index is 0.396. The third-order valence-corrected chi connectivity index (χ3v) is 2.79. The van der Waals surface area contributed by atoms with Crippen molar-refractivity contribution in [3.05, 3.63) is 29.8 Å². The predicted molar refractivity (Wildman–Crippen MR) is 71.2 cm³/mol. The van der Waals surface area contributed by atoms with E-state index in [0.717, 1.165) is 11.3 Å². The molecule has 1 aromatic rings. The van der Waals surface area contributed by atoms with Crippen molar-refractivity contribution in [2.24, 2.45) is 0 Å². The molecule has 0 aliphatic carbocycles. The van der Waals surface area contributed by atoms with Gasteiger partial charge in [0.2, 0.25) is 0 Å². The van der Waals surface area contributed by atoms with Crippen LogP contribution in [-0.4, -0.2) is 26.0 Å². The van der Waals surface area contributed by atoms with Crippen LogP contribution in [0.15, 0.2) is 24.3 Å². The maximum absolute atomic E-state index is 9.33. The Morgan fingerprint density at radius 3 is 2.56 bits per heavy atom. The normalized spacial score (nSPS) is 14.0. The van der Waals surface area contributed by atoms with Crippen LogP contribution in [0.4, 0.5) is 5.69 Å². The smallest absolute Gasteiger partial charge is 0.160 e. The lowest BCUT2D eigenvalue weighted by Crippen LogP contribution is -2.38. The number of methoxy groups -OCH3 is 2. The van der Waals surface area contributed by atoms with Gasteiger partial charge in [0.05, 0.1) is 6.07 Å². The van der Waals surface area contributed by atoms with E-state index in [2.05, 4.69) is 11.4 Å². The lowest BCUT2D eigenvalue weighted by molar-refractivity contribution is -0.110. The molecule has 0 fully saturated rings. The van der Waals surface area contributed by atoms with E-state index in [4.69, 9.17) is 9.47 Å². The summed E-state index contributed by atoms with van der Waals surface area (Å²) >= 11 is 0. The quantitative estimate of drug-likeness (QED) is 0.786. The molecule has 1 aromatic carbocycles. The van der Waals surface area contributed by atoms with Gasteiger partial charge < -0.3 is 14.8 Å². The van der Waals surface area contributed by atoms with Crippen molar-refractivity contribution in [3.63, 3.8) is 0 Å². The molecule has 0 bridgehead atoms. The summed E-state index contributed by atoms with van der Waals surface area (Å²) in [6.07, 6.45) is 0.0525. The van der Waals surface area contributed by atoms with Gasteiger partial charge >= 0.3 is 0 Å². The molecule has 18 heavy (non-hydrogen) atoms. The fourth-order valence-electron chi connectivity index (χ4n) is 1.76. The summed E-state index contributed by atoms with van der Waals surface area (Å²) in [7, 11) is 3.14. The zero-order valence-electron chi connectivity index (χ0n) is 11.4. The Balaban J connectivity index is 2.80. The van der Waals surface area contributed by atoms with Crippen molar-refractivity contribution in [3.8, 4) is 6.07 Å². The molecule has 0 amide bonds. The summed E-state index contributed by atoms with van der Waals surface area (Å²) in [6, 6.07) is 10.2. The molecule has 1 atom stereocenters. The molecule has 4 nitrogen and oxygen atoms in total. The van der Waals surface area contributed by atoms with Crippen LogP contribution < -0.4 is 5.32 Å². The molecule has 1 N–H and O–H groups in total. The maximum atomic E-state index is 9.33. The molecule has 1 rings (SSSR count). The third-order valence-electron chi connectivity index (χ3n) is 2.79. The molecule has 0 aromatic heterocycles. The van der Waals surface area contributed by atoms with Crippen LogP contribution in [0.25, 0.3) is 0 Å². The van der Waals surface area contributed by atoms with Gasteiger partial charge in [0.25, 0.3) is 0 Å². The first kappa shape index (κ1) is 14.5. The van der Waals surface area contributed by atoms with Crippen LogP contribution in [0, 0.1) is 18.3 Å². The number of benzene rings is 1. The van der Waals surface area contributed by atoms with Crippen LogP contribution in [0.3, 0.4) is 0 Å². The minimum Gasteiger partial charge on any atom is -0.367 e. The largest absolute Gasteiger partial charge is 0.367 e. The number of aryl methyl sites for hydroxylation is 1. The highest BCUT2D eigenvalue weighted by molar-refractivity contribution is 5.49. The lowest BCUT2D eigenvalue weighted by atomic mass is 9.98. The highest BCUT2D eigenvalue weighted by atomic mass is 16.7. The van der Waals surface area contributed by atoms with E-state index in [0.29, 0.717) is 6.42 Å². The van der Waals surface area contributed by atoms with Gasteiger partial charge in [-0.1, -0.05) is 12.1 Å². The van der Waals surface area contributed by atoms with Crippen molar-refractivity contribution in [2.45, 2.75) is 32.1 Å².